The van der Waals surface area contributed by atoms with Crippen LogP contribution < -0.4 is 4.74 Å². The van der Waals surface area contributed by atoms with E-state index in [1.54, 1.807) is 7.11 Å². The van der Waals surface area contributed by atoms with Crippen LogP contribution in [0.15, 0.2) is 42.1 Å². The predicted molar refractivity (Wildman–Crippen MR) is 108 cm³/mol. The maximum atomic E-state index is 12.6. The third-order valence-electron chi connectivity index (χ3n) is 4.82. The Kier molecular flexibility index (Phi) is 6.55. The molecule has 7 heteroatoms. The van der Waals surface area contributed by atoms with E-state index in [9.17, 15) is 4.79 Å². The van der Waals surface area contributed by atoms with Gasteiger partial charge in [0, 0.05) is 24.7 Å². The quantitative estimate of drug-likeness (QED) is 0.537. The first-order chi connectivity index (χ1) is 13.1. The molecule has 0 aliphatic carbocycles. The van der Waals surface area contributed by atoms with E-state index in [0.717, 1.165) is 41.7 Å². The Labute approximate surface area is 164 Å². The number of carbonyl (C=O) groups is 1. The smallest absolute Gasteiger partial charge is 0.233 e. The third-order valence-corrected chi connectivity index (χ3v) is 5.78. The van der Waals surface area contributed by atoms with Gasteiger partial charge in [-0.3, -0.25) is 9.36 Å². The highest BCUT2D eigenvalue weighted by molar-refractivity contribution is 7.99. The Morgan fingerprint density at radius 2 is 2.11 bits per heavy atom. The molecule has 1 fully saturated rings. The zero-order valence-electron chi connectivity index (χ0n) is 15.9. The Morgan fingerprint density at radius 1 is 1.33 bits per heavy atom. The molecule has 2 aromatic rings. The Balaban J connectivity index is 1.74. The summed E-state index contributed by atoms with van der Waals surface area (Å²) >= 11 is 1.44. The first-order valence-corrected chi connectivity index (χ1v) is 10.2. The molecular weight excluding hydrogens is 360 g/mol. The van der Waals surface area contributed by atoms with Crippen LogP contribution in [0.3, 0.4) is 0 Å². The van der Waals surface area contributed by atoms with E-state index >= 15 is 0 Å². The van der Waals surface area contributed by atoms with Gasteiger partial charge >= 0.3 is 0 Å². The number of carbonyl (C=O) groups excluding carboxylic acids is 1. The van der Waals surface area contributed by atoms with Gasteiger partial charge in [-0.15, -0.1) is 16.8 Å². The molecule has 6 nitrogen and oxygen atoms in total. The van der Waals surface area contributed by atoms with E-state index in [4.69, 9.17) is 4.74 Å². The molecule has 1 aromatic carbocycles. The summed E-state index contributed by atoms with van der Waals surface area (Å²) in [4.78, 5) is 14.6. The van der Waals surface area contributed by atoms with Gasteiger partial charge in [0.1, 0.15) is 5.75 Å². The lowest BCUT2D eigenvalue weighted by Crippen LogP contribution is -2.43. The monoisotopic (exact) mass is 386 g/mol. The highest BCUT2D eigenvalue weighted by atomic mass is 32.2. The van der Waals surface area contributed by atoms with Crippen molar-refractivity contribution in [1.29, 1.82) is 0 Å². The minimum absolute atomic E-state index is 0.173. The van der Waals surface area contributed by atoms with E-state index in [-0.39, 0.29) is 5.91 Å². The summed E-state index contributed by atoms with van der Waals surface area (Å²) in [6.07, 6.45) is 5.20. The fourth-order valence-electron chi connectivity index (χ4n) is 3.32. The van der Waals surface area contributed by atoms with Crippen LogP contribution in [0.1, 0.15) is 26.2 Å². The molecule has 2 heterocycles. The first kappa shape index (κ1) is 19.5. The molecule has 0 spiro atoms. The molecule has 0 radical (unpaired) electrons. The van der Waals surface area contributed by atoms with Gasteiger partial charge in [0.25, 0.3) is 0 Å². The van der Waals surface area contributed by atoms with Gasteiger partial charge in [0.05, 0.1) is 12.9 Å². The van der Waals surface area contributed by atoms with E-state index < -0.39 is 0 Å². The molecule has 0 unspecified atom stereocenters. The SMILES string of the molecule is C=CCn1c(SCC(=O)N2CCCC[C@H]2C)nnc1-c1ccc(OC)cc1. The number of methoxy groups -OCH3 is 1. The van der Waals surface area contributed by atoms with Crippen molar-refractivity contribution in [2.45, 2.75) is 43.9 Å². The van der Waals surface area contributed by atoms with E-state index in [1.807, 2.05) is 39.8 Å². The van der Waals surface area contributed by atoms with Crippen molar-refractivity contribution in [3.63, 3.8) is 0 Å². The normalized spacial score (nSPS) is 17.0. The van der Waals surface area contributed by atoms with E-state index in [0.29, 0.717) is 18.3 Å². The number of rotatable bonds is 7. The maximum absolute atomic E-state index is 12.6. The van der Waals surface area contributed by atoms with Crippen LogP contribution in [0.4, 0.5) is 0 Å². The lowest BCUT2D eigenvalue weighted by Gasteiger charge is -2.33. The van der Waals surface area contributed by atoms with Gasteiger partial charge in [-0.1, -0.05) is 17.8 Å². The Morgan fingerprint density at radius 3 is 2.78 bits per heavy atom. The largest absolute Gasteiger partial charge is 0.497 e. The third kappa shape index (κ3) is 4.53. The summed E-state index contributed by atoms with van der Waals surface area (Å²) in [5.74, 6) is 2.11. The minimum atomic E-state index is 0.173. The van der Waals surface area contributed by atoms with Crippen molar-refractivity contribution in [3.05, 3.63) is 36.9 Å². The van der Waals surface area contributed by atoms with Gasteiger partial charge < -0.3 is 9.64 Å². The molecule has 0 bridgehead atoms. The molecule has 0 N–H and O–H groups in total. The van der Waals surface area contributed by atoms with Crippen LogP contribution >= 0.6 is 11.8 Å². The molecule has 27 heavy (non-hydrogen) atoms. The second kappa shape index (κ2) is 9.08. The average molecular weight is 387 g/mol. The zero-order chi connectivity index (χ0) is 19.2. The first-order valence-electron chi connectivity index (χ1n) is 9.25. The summed E-state index contributed by atoms with van der Waals surface area (Å²) < 4.78 is 7.21. The van der Waals surface area contributed by atoms with Crippen molar-refractivity contribution in [1.82, 2.24) is 19.7 Å². The lowest BCUT2D eigenvalue weighted by atomic mass is 10.0. The van der Waals surface area contributed by atoms with E-state index in [1.165, 1.54) is 18.2 Å². The second-order valence-corrected chi connectivity index (χ2v) is 7.60. The van der Waals surface area contributed by atoms with Gasteiger partial charge in [-0.05, 0) is 50.5 Å². The number of benzene rings is 1. The Bertz CT molecular complexity index is 788. The van der Waals surface area contributed by atoms with Crippen molar-refractivity contribution in [2.75, 3.05) is 19.4 Å². The molecule has 1 aliphatic rings. The number of hydrogen-bond acceptors (Lipinski definition) is 5. The van der Waals surface area contributed by atoms with Crippen LogP contribution in [0.25, 0.3) is 11.4 Å². The van der Waals surface area contributed by atoms with E-state index in [2.05, 4.69) is 23.7 Å². The second-order valence-electron chi connectivity index (χ2n) is 6.65. The van der Waals surface area contributed by atoms with Crippen molar-refractivity contribution < 1.29 is 9.53 Å². The average Bonchev–Trinajstić information content (AvgIpc) is 3.09. The van der Waals surface area contributed by atoms with Crippen LogP contribution in [0, 0.1) is 0 Å². The number of allylic oxidation sites excluding steroid dienone is 1. The van der Waals surface area contributed by atoms with Crippen LogP contribution in [0.5, 0.6) is 5.75 Å². The van der Waals surface area contributed by atoms with Gasteiger partial charge in [-0.2, -0.15) is 0 Å². The van der Waals surface area contributed by atoms with Crippen molar-refractivity contribution in [3.8, 4) is 17.1 Å². The number of amides is 1. The van der Waals surface area contributed by atoms with Crippen molar-refractivity contribution in [2.24, 2.45) is 0 Å². The standard InChI is InChI=1S/C20H26N4O2S/c1-4-12-24-19(16-8-10-17(26-3)11-9-16)21-22-20(24)27-14-18(25)23-13-6-5-7-15(23)2/h4,8-11,15H,1,5-7,12-14H2,2-3H3/t15-/m1/s1. The molecule has 1 aromatic heterocycles. The molecule has 1 saturated heterocycles. The topological polar surface area (TPSA) is 60.2 Å². The van der Waals surface area contributed by atoms with Gasteiger partial charge in [0.2, 0.25) is 5.91 Å². The predicted octanol–water partition coefficient (Wildman–Crippen LogP) is 3.63. The number of hydrogen-bond donors (Lipinski definition) is 0. The summed E-state index contributed by atoms with van der Waals surface area (Å²) in [5, 5.41) is 9.40. The number of aromatic nitrogens is 3. The lowest BCUT2D eigenvalue weighted by molar-refractivity contribution is -0.131. The molecule has 1 amide bonds. The summed E-state index contributed by atoms with van der Waals surface area (Å²) in [6.45, 7) is 7.41. The summed E-state index contributed by atoms with van der Waals surface area (Å²) in [5.41, 5.74) is 0.952. The summed E-state index contributed by atoms with van der Waals surface area (Å²) in [6, 6.07) is 8.04. The molecule has 1 atom stereocenters. The number of likely N-dealkylation sites (tertiary alicyclic amines) is 1. The molecular formula is C20H26N4O2S. The highest BCUT2D eigenvalue weighted by Gasteiger charge is 2.24. The molecule has 0 saturated carbocycles. The fourth-order valence-corrected chi connectivity index (χ4v) is 4.15. The summed E-state index contributed by atoms with van der Waals surface area (Å²) in [7, 11) is 1.64. The number of nitrogens with zero attached hydrogens (tertiary/aromatic N) is 4. The number of thioether (sulfide) groups is 1. The van der Waals surface area contributed by atoms with Gasteiger partial charge in [0.15, 0.2) is 11.0 Å². The Hall–Kier alpha value is -2.28. The number of piperidine rings is 1. The maximum Gasteiger partial charge on any atom is 0.233 e. The highest BCUT2D eigenvalue weighted by Crippen LogP contribution is 2.26. The fraction of sp³-hybridized carbons (Fsp3) is 0.450. The van der Waals surface area contributed by atoms with Gasteiger partial charge in [-0.25, -0.2) is 0 Å². The number of ether oxygens (including phenoxy) is 1. The molecule has 1 aliphatic heterocycles. The zero-order valence-corrected chi connectivity index (χ0v) is 16.7. The van der Waals surface area contributed by atoms with Crippen molar-refractivity contribution >= 4 is 17.7 Å². The minimum Gasteiger partial charge on any atom is -0.497 e. The van der Waals surface area contributed by atoms with Crippen LogP contribution in [0.2, 0.25) is 0 Å². The molecule has 3 rings (SSSR count). The molecule has 144 valence electrons. The van der Waals surface area contributed by atoms with Crippen LogP contribution in [-0.2, 0) is 11.3 Å². The van der Waals surface area contributed by atoms with Crippen LogP contribution in [-0.4, -0.2) is 51.0 Å².